The minimum atomic E-state index is -0.512. The third-order valence-corrected chi connectivity index (χ3v) is 3.08. The predicted octanol–water partition coefficient (Wildman–Crippen LogP) is 3.74. The average Bonchev–Trinajstić information content (AvgIpc) is 2.21. The van der Waals surface area contributed by atoms with E-state index in [1.807, 2.05) is 0 Å². The van der Waals surface area contributed by atoms with E-state index in [1.54, 1.807) is 12.1 Å². The number of halogens is 2. The molecule has 2 nitrogen and oxygen atoms in total. The van der Waals surface area contributed by atoms with Crippen molar-refractivity contribution in [2.75, 3.05) is 0 Å². The van der Waals surface area contributed by atoms with Crippen molar-refractivity contribution in [1.82, 2.24) is 0 Å². The SMILES string of the molecule is CC(C)(C)CC(N)CC(=O)Cc1cccc(Cl)c1F. The van der Waals surface area contributed by atoms with Crippen LogP contribution >= 0.6 is 11.6 Å². The zero-order valence-electron chi connectivity index (χ0n) is 11.7. The van der Waals surface area contributed by atoms with Gasteiger partial charge in [-0.2, -0.15) is 0 Å². The Morgan fingerprint density at radius 3 is 2.63 bits per heavy atom. The van der Waals surface area contributed by atoms with Gasteiger partial charge in [0.2, 0.25) is 0 Å². The van der Waals surface area contributed by atoms with Crippen LogP contribution in [0.4, 0.5) is 4.39 Å². The second kappa shape index (κ2) is 6.49. The van der Waals surface area contributed by atoms with E-state index in [-0.39, 0.29) is 35.1 Å². The Kier molecular flexibility index (Phi) is 5.50. The van der Waals surface area contributed by atoms with Gasteiger partial charge in [0.25, 0.3) is 0 Å². The number of Topliss-reactive ketones (excluding diaryl/α,β-unsaturated/α-hetero) is 1. The molecule has 1 unspecified atom stereocenters. The second-order valence-corrected chi connectivity index (χ2v) is 6.56. The van der Waals surface area contributed by atoms with Crippen molar-refractivity contribution in [3.8, 4) is 0 Å². The van der Waals surface area contributed by atoms with Crippen LogP contribution in [0.15, 0.2) is 18.2 Å². The van der Waals surface area contributed by atoms with Crippen LogP contribution in [0.1, 0.15) is 39.2 Å². The Morgan fingerprint density at radius 2 is 2.05 bits per heavy atom. The number of hydrogen-bond donors (Lipinski definition) is 1. The number of ketones is 1. The molecule has 106 valence electrons. The van der Waals surface area contributed by atoms with Crippen LogP contribution in [0.2, 0.25) is 5.02 Å². The van der Waals surface area contributed by atoms with Crippen molar-refractivity contribution in [3.05, 3.63) is 34.6 Å². The molecule has 0 amide bonds. The van der Waals surface area contributed by atoms with Gasteiger partial charge in [-0.25, -0.2) is 4.39 Å². The maximum atomic E-state index is 13.7. The first-order valence-corrected chi connectivity index (χ1v) is 6.77. The summed E-state index contributed by atoms with van der Waals surface area (Å²) < 4.78 is 13.7. The number of carbonyl (C=O) groups is 1. The summed E-state index contributed by atoms with van der Waals surface area (Å²) in [5, 5.41) is 0.0456. The van der Waals surface area contributed by atoms with Crippen LogP contribution in [0, 0.1) is 11.2 Å². The van der Waals surface area contributed by atoms with Gasteiger partial charge in [-0.05, 0) is 23.5 Å². The smallest absolute Gasteiger partial charge is 0.145 e. The Bertz CT molecular complexity index is 454. The van der Waals surface area contributed by atoms with Crippen LogP contribution < -0.4 is 5.73 Å². The molecule has 1 rings (SSSR count). The molecule has 0 aliphatic carbocycles. The highest BCUT2D eigenvalue weighted by Gasteiger charge is 2.19. The number of nitrogens with two attached hydrogens (primary N) is 1. The van der Waals surface area contributed by atoms with Crippen molar-refractivity contribution < 1.29 is 9.18 Å². The van der Waals surface area contributed by atoms with Crippen LogP contribution in [-0.4, -0.2) is 11.8 Å². The normalized spacial score (nSPS) is 13.4. The van der Waals surface area contributed by atoms with E-state index < -0.39 is 5.82 Å². The van der Waals surface area contributed by atoms with Crippen LogP contribution in [-0.2, 0) is 11.2 Å². The Balaban J connectivity index is 2.58. The van der Waals surface area contributed by atoms with Gasteiger partial charge in [-0.15, -0.1) is 0 Å². The van der Waals surface area contributed by atoms with Gasteiger partial charge in [-0.3, -0.25) is 4.79 Å². The Labute approximate surface area is 119 Å². The van der Waals surface area contributed by atoms with Crippen molar-refractivity contribution in [2.45, 2.75) is 46.1 Å². The monoisotopic (exact) mass is 285 g/mol. The molecule has 1 atom stereocenters. The summed E-state index contributed by atoms with van der Waals surface area (Å²) in [5.41, 5.74) is 6.36. The van der Waals surface area contributed by atoms with Gasteiger partial charge in [0, 0.05) is 18.9 Å². The molecule has 1 aromatic rings. The molecule has 1 aromatic carbocycles. The fraction of sp³-hybridized carbons (Fsp3) is 0.533. The maximum absolute atomic E-state index is 13.7. The van der Waals surface area contributed by atoms with Crippen LogP contribution in [0.25, 0.3) is 0 Å². The molecule has 0 fully saturated rings. The average molecular weight is 286 g/mol. The molecule has 0 radical (unpaired) electrons. The van der Waals surface area contributed by atoms with E-state index in [0.717, 1.165) is 6.42 Å². The summed E-state index contributed by atoms with van der Waals surface area (Å²) in [6, 6.07) is 4.50. The quantitative estimate of drug-likeness (QED) is 0.895. The first-order chi connectivity index (χ1) is 8.69. The third-order valence-electron chi connectivity index (χ3n) is 2.78. The van der Waals surface area contributed by atoms with Crippen molar-refractivity contribution >= 4 is 17.4 Å². The largest absolute Gasteiger partial charge is 0.327 e. The van der Waals surface area contributed by atoms with Gasteiger partial charge < -0.3 is 5.73 Å². The van der Waals surface area contributed by atoms with Gasteiger partial charge >= 0.3 is 0 Å². The maximum Gasteiger partial charge on any atom is 0.145 e. The fourth-order valence-corrected chi connectivity index (χ4v) is 2.31. The summed E-state index contributed by atoms with van der Waals surface area (Å²) in [4.78, 5) is 11.9. The second-order valence-electron chi connectivity index (χ2n) is 6.16. The molecular weight excluding hydrogens is 265 g/mol. The number of hydrogen-bond acceptors (Lipinski definition) is 2. The van der Waals surface area contributed by atoms with Gasteiger partial charge in [0.05, 0.1) is 5.02 Å². The first-order valence-electron chi connectivity index (χ1n) is 6.39. The van der Waals surface area contributed by atoms with Crippen molar-refractivity contribution in [1.29, 1.82) is 0 Å². The lowest BCUT2D eigenvalue weighted by atomic mass is 9.86. The molecule has 0 aliphatic rings. The summed E-state index contributed by atoms with van der Waals surface area (Å²) in [6.45, 7) is 6.23. The first kappa shape index (κ1) is 16.1. The molecule has 2 N–H and O–H groups in total. The molecular formula is C15H21ClFNO. The lowest BCUT2D eigenvalue weighted by Crippen LogP contribution is -2.29. The summed E-state index contributed by atoms with van der Waals surface area (Å²) in [6.07, 6.45) is 1.07. The number of carbonyl (C=O) groups excluding carboxylic acids is 1. The molecule has 4 heteroatoms. The lowest BCUT2D eigenvalue weighted by molar-refractivity contribution is -0.118. The van der Waals surface area contributed by atoms with Gasteiger partial charge in [0.1, 0.15) is 11.6 Å². The van der Waals surface area contributed by atoms with E-state index in [1.165, 1.54) is 6.07 Å². The van der Waals surface area contributed by atoms with E-state index >= 15 is 0 Å². The van der Waals surface area contributed by atoms with Gasteiger partial charge in [0.15, 0.2) is 0 Å². The zero-order chi connectivity index (χ0) is 14.6. The predicted molar refractivity (Wildman–Crippen MR) is 76.8 cm³/mol. The molecule has 0 heterocycles. The number of benzene rings is 1. The fourth-order valence-electron chi connectivity index (χ4n) is 2.12. The Hall–Kier alpha value is -0.930. The third kappa shape index (κ3) is 5.70. The molecule has 0 saturated carbocycles. The Morgan fingerprint density at radius 1 is 1.42 bits per heavy atom. The van der Waals surface area contributed by atoms with Crippen LogP contribution in [0.3, 0.4) is 0 Å². The topological polar surface area (TPSA) is 43.1 Å². The van der Waals surface area contributed by atoms with Crippen molar-refractivity contribution in [3.63, 3.8) is 0 Å². The standard InChI is InChI=1S/C15H21ClFNO/c1-15(2,3)9-11(18)8-12(19)7-10-5-4-6-13(16)14(10)17/h4-6,11H,7-9,18H2,1-3H3. The molecule has 0 spiro atoms. The van der Waals surface area contributed by atoms with Gasteiger partial charge in [-0.1, -0.05) is 44.5 Å². The summed E-state index contributed by atoms with van der Waals surface area (Å²) in [5.74, 6) is -0.570. The highest BCUT2D eigenvalue weighted by atomic mass is 35.5. The summed E-state index contributed by atoms with van der Waals surface area (Å²) in [7, 11) is 0. The van der Waals surface area contributed by atoms with E-state index in [2.05, 4.69) is 20.8 Å². The van der Waals surface area contributed by atoms with E-state index in [9.17, 15) is 9.18 Å². The van der Waals surface area contributed by atoms with Crippen LogP contribution in [0.5, 0.6) is 0 Å². The molecule has 0 bridgehead atoms. The molecule has 0 saturated heterocycles. The minimum absolute atomic E-state index is 0.0456. The molecule has 19 heavy (non-hydrogen) atoms. The molecule has 0 aromatic heterocycles. The summed E-state index contributed by atoms with van der Waals surface area (Å²) >= 11 is 5.68. The van der Waals surface area contributed by atoms with E-state index in [0.29, 0.717) is 5.56 Å². The van der Waals surface area contributed by atoms with E-state index in [4.69, 9.17) is 17.3 Å². The molecule has 0 aliphatic heterocycles. The lowest BCUT2D eigenvalue weighted by Gasteiger charge is -2.22. The minimum Gasteiger partial charge on any atom is -0.327 e. The van der Waals surface area contributed by atoms with Crippen molar-refractivity contribution in [2.24, 2.45) is 11.1 Å². The highest BCUT2D eigenvalue weighted by Crippen LogP contribution is 2.22. The zero-order valence-corrected chi connectivity index (χ0v) is 12.4. The number of rotatable bonds is 5. The highest BCUT2D eigenvalue weighted by molar-refractivity contribution is 6.30.